The molecular weight excluding hydrogens is 208 g/mol. The zero-order valence-electron chi connectivity index (χ0n) is 9.17. The molecule has 1 aromatic heterocycles. The fourth-order valence-corrected chi connectivity index (χ4v) is 1.83. The number of rotatable bonds is 4. The summed E-state index contributed by atoms with van der Waals surface area (Å²) in [5.41, 5.74) is 0. The van der Waals surface area contributed by atoms with E-state index in [1.165, 1.54) is 0 Å². The van der Waals surface area contributed by atoms with Crippen molar-refractivity contribution >= 4 is 5.91 Å². The summed E-state index contributed by atoms with van der Waals surface area (Å²) >= 11 is 0. The van der Waals surface area contributed by atoms with Gasteiger partial charge in [0.25, 0.3) is 0 Å². The van der Waals surface area contributed by atoms with E-state index in [-0.39, 0.29) is 12.5 Å². The molecule has 1 N–H and O–H groups in total. The molecule has 0 fully saturated rings. The van der Waals surface area contributed by atoms with Crippen LogP contribution in [0.4, 0.5) is 0 Å². The summed E-state index contributed by atoms with van der Waals surface area (Å²) < 4.78 is 1.97. The van der Waals surface area contributed by atoms with E-state index < -0.39 is 0 Å². The van der Waals surface area contributed by atoms with Gasteiger partial charge in [-0.3, -0.25) is 4.79 Å². The second-order valence-electron chi connectivity index (χ2n) is 3.94. The molecule has 0 spiro atoms. The number of nitrogens with zero attached hydrogens (tertiary/aromatic N) is 4. The Hall–Kier alpha value is -1.43. The molecule has 0 saturated heterocycles. The summed E-state index contributed by atoms with van der Waals surface area (Å²) in [6.07, 6.45) is 3.64. The van der Waals surface area contributed by atoms with E-state index in [1.807, 2.05) is 4.57 Å². The van der Waals surface area contributed by atoms with Crippen molar-refractivity contribution in [3.05, 3.63) is 12.2 Å². The maximum Gasteiger partial charge on any atom is 0.223 e. The number of carbonyl (C=O) groups excluding carboxylic acids is 1. The number of aromatic nitrogens is 3. The van der Waals surface area contributed by atoms with Crippen LogP contribution in [0.25, 0.3) is 0 Å². The van der Waals surface area contributed by atoms with Crippen molar-refractivity contribution in [1.29, 1.82) is 0 Å². The highest BCUT2D eigenvalue weighted by Crippen LogP contribution is 2.11. The first-order valence-corrected chi connectivity index (χ1v) is 5.56. The SMILES string of the molecule is O=C(CCCCO)N1CCn2cnnc2C1. The Labute approximate surface area is 93.9 Å². The molecule has 1 aliphatic heterocycles. The van der Waals surface area contributed by atoms with Crippen LogP contribution in [0.15, 0.2) is 6.33 Å². The van der Waals surface area contributed by atoms with Gasteiger partial charge in [0.1, 0.15) is 6.33 Å². The van der Waals surface area contributed by atoms with Gasteiger partial charge in [-0.15, -0.1) is 10.2 Å². The minimum absolute atomic E-state index is 0.141. The molecule has 6 nitrogen and oxygen atoms in total. The molecule has 6 heteroatoms. The zero-order chi connectivity index (χ0) is 11.4. The van der Waals surface area contributed by atoms with Crippen LogP contribution in [0.1, 0.15) is 25.1 Å². The van der Waals surface area contributed by atoms with Gasteiger partial charge < -0.3 is 14.6 Å². The number of aliphatic hydroxyl groups excluding tert-OH is 1. The lowest BCUT2D eigenvalue weighted by Crippen LogP contribution is -2.38. The molecule has 16 heavy (non-hydrogen) atoms. The largest absolute Gasteiger partial charge is 0.396 e. The van der Waals surface area contributed by atoms with Gasteiger partial charge in [0.05, 0.1) is 6.54 Å². The third-order valence-electron chi connectivity index (χ3n) is 2.79. The lowest BCUT2D eigenvalue weighted by molar-refractivity contribution is -0.132. The Morgan fingerprint density at radius 3 is 3.12 bits per heavy atom. The van der Waals surface area contributed by atoms with Gasteiger partial charge in [0, 0.05) is 26.1 Å². The van der Waals surface area contributed by atoms with Crippen LogP contribution in [0.2, 0.25) is 0 Å². The van der Waals surface area contributed by atoms with Gasteiger partial charge in [-0.2, -0.15) is 0 Å². The minimum atomic E-state index is 0.141. The summed E-state index contributed by atoms with van der Waals surface area (Å²) in [5, 5.41) is 16.4. The van der Waals surface area contributed by atoms with Gasteiger partial charge in [-0.25, -0.2) is 0 Å². The maximum absolute atomic E-state index is 11.8. The summed E-state index contributed by atoms with van der Waals surface area (Å²) in [5.74, 6) is 0.990. The Balaban J connectivity index is 1.86. The molecule has 0 radical (unpaired) electrons. The topological polar surface area (TPSA) is 71.2 Å². The van der Waals surface area contributed by atoms with Crippen LogP contribution in [-0.4, -0.2) is 43.8 Å². The molecule has 2 heterocycles. The van der Waals surface area contributed by atoms with Gasteiger partial charge >= 0.3 is 0 Å². The Bertz CT molecular complexity index is 363. The van der Waals surface area contributed by atoms with Gasteiger partial charge in [0.15, 0.2) is 5.82 Å². The van der Waals surface area contributed by atoms with Crippen molar-refractivity contribution in [3.8, 4) is 0 Å². The third kappa shape index (κ3) is 2.38. The lowest BCUT2D eigenvalue weighted by Gasteiger charge is -2.27. The van der Waals surface area contributed by atoms with Crippen molar-refractivity contribution in [3.63, 3.8) is 0 Å². The first-order chi connectivity index (χ1) is 7.81. The van der Waals surface area contributed by atoms with Crippen molar-refractivity contribution in [2.75, 3.05) is 13.2 Å². The summed E-state index contributed by atoms with van der Waals surface area (Å²) in [6, 6.07) is 0. The van der Waals surface area contributed by atoms with Gasteiger partial charge in [-0.1, -0.05) is 0 Å². The van der Waals surface area contributed by atoms with Crippen LogP contribution < -0.4 is 0 Å². The molecule has 1 amide bonds. The average molecular weight is 224 g/mol. The first-order valence-electron chi connectivity index (χ1n) is 5.56. The predicted octanol–water partition coefficient (Wildman–Crippen LogP) is -0.217. The number of unbranched alkanes of at least 4 members (excludes halogenated alkanes) is 1. The van der Waals surface area contributed by atoms with E-state index in [4.69, 9.17) is 5.11 Å². The third-order valence-corrected chi connectivity index (χ3v) is 2.79. The standard InChI is InChI=1S/C10H16N4O2/c15-6-2-1-3-10(16)13-4-5-14-8-11-12-9(14)7-13/h8,15H,1-7H2. The van der Waals surface area contributed by atoms with Crippen LogP contribution in [0.5, 0.6) is 0 Å². The number of amides is 1. The monoisotopic (exact) mass is 224 g/mol. The van der Waals surface area contributed by atoms with E-state index in [0.29, 0.717) is 19.4 Å². The number of hydrogen-bond donors (Lipinski definition) is 1. The quantitative estimate of drug-likeness (QED) is 0.718. The predicted molar refractivity (Wildman–Crippen MR) is 56.4 cm³/mol. The van der Waals surface area contributed by atoms with E-state index in [2.05, 4.69) is 10.2 Å². The summed E-state index contributed by atoms with van der Waals surface area (Å²) in [6.45, 7) is 2.20. The first kappa shape index (κ1) is 11.1. The zero-order valence-corrected chi connectivity index (χ0v) is 9.17. The molecule has 0 saturated carbocycles. The Morgan fingerprint density at radius 2 is 2.31 bits per heavy atom. The van der Waals surface area contributed by atoms with Crippen molar-refractivity contribution < 1.29 is 9.90 Å². The normalized spacial score (nSPS) is 14.9. The van der Waals surface area contributed by atoms with Crippen molar-refractivity contribution in [2.24, 2.45) is 0 Å². The number of hydrogen-bond acceptors (Lipinski definition) is 4. The van der Waals surface area contributed by atoms with E-state index in [9.17, 15) is 4.79 Å². The Morgan fingerprint density at radius 1 is 1.44 bits per heavy atom. The molecule has 0 aliphatic carbocycles. The average Bonchev–Trinajstić information content (AvgIpc) is 2.76. The smallest absolute Gasteiger partial charge is 0.223 e. The molecule has 1 aliphatic rings. The van der Waals surface area contributed by atoms with Crippen molar-refractivity contribution in [1.82, 2.24) is 19.7 Å². The van der Waals surface area contributed by atoms with E-state index in [1.54, 1.807) is 11.2 Å². The fourth-order valence-electron chi connectivity index (χ4n) is 1.83. The highest BCUT2D eigenvalue weighted by Gasteiger charge is 2.20. The van der Waals surface area contributed by atoms with Crippen LogP contribution in [-0.2, 0) is 17.9 Å². The van der Waals surface area contributed by atoms with Crippen LogP contribution in [0, 0.1) is 0 Å². The van der Waals surface area contributed by atoms with Crippen molar-refractivity contribution in [2.45, 2.75) is 32.4 Å². The molecule has 0 aromatic carbocycles. The molecule has 2 rings (SSSR count). The molecule has 1 aromatic rings. The number of fused-ring (bicyclic) bond motifs is 1. The highest BCUT2D eigenvalue weighted by molar-refractivity contribution is 5.76. The fraction of sp³-hybridized carbons (Fsp3) is 0.700. The van der Waals surface area contributed by atoms with Gasteiger partial charge in [-0.05, 0) is 12.8 Å². The number of carbonyl (C=O) groups is 1. The Kier molecular flexibility index (Phi) is 3.51. The van der Waals surface area contributed by atoms with E-state index in [0.717, 1.165) is 25.3 Å². The molecular formula is C10H16N4O2. The second kappa shape index (κ2) is 5.07. The van der Waals surface area contributed by atoms with Crippen LogP contribution in [0.3, 0.4) is 0 Å². The highest BCUT2D eigenvalue weighted by atomic mass is 16.3. The summed E-state index contributed by atoms with van der Waals surface area (Å²) in [7, 11) is 0. The maximum atomic E-state index is 11.8. The molecule has 0 unspecified atom stereocenters. The molecule has 0 atom stereocenters. The molecule has 88 valence electrons. The van der Waals surface area contributed by atoms with Gasteiger partial charge in [0.2, 0.25) is 5.91 Å². The summed E-state index contributed by atoms with van der Waals surface area (Å²) in [4.78, 5) is 13.6. The second-order valence-corrected chi connectivity index (χ2v) is 3.94. The minimum Gasteiger partial charge on any atom is -0.396 e. The lowest BCUT2D eigenvalue weighted by atomic mass is 10.2. The van der Waals surface area contributed by atoms with E-state index >= 15 is 0 Å². The molecule has 0 bridgehead atoms. The number of aliphatic hydroxyl groups is 1. The van der Waals surface area contributed by atoms with Crippen LogP contribution >= 0.6 is 0 Å².